The van der Waals surface area contributed by atoms with Gasteiger partial charge in [0.25, 0.3) is 0 Å². The van der Waals surface area contributed by atoms with Crippen molar-refractivity contribution in [3.8, 4) is 11.5 Å². The van der Waals surface area contributed by atoms with Crippen LogP contribution in [0.15, 0.2) is 109 Å². The Bertz CT molecular complexity index is 3340. The molecule has 0 aliphatic rings. The maximum absolute atomic E-state index is 14.7. The number of nitrogens with two attached hydrogens (primary N) is 1. The molecule has 0 heterocycles. The number of rotatable bonds is 40. The molecule has 0 bridgehead atoms. The molecule has 0 saturated carbocycles. The van der Waals surface area contributed by atoms with E-state index in [9.17, 15) is 87.9 Å². The van der Waals surface area contributed by atoms with Gasteiger partial charge < -0.3 is 84.4 Å². The number of amides is 10. The predicted octanol–water partition coefficient (Wildman–Crippen LogP) is 0.757. The van der Waals surface area contributed by atoms with Crippen LogP contribution in [0.25, 0.3) is 0 Å². The number of aliphatic carboxylic acids is 3. The van der Waals surface area contributed by atoms with Crippen molar-refractivity contribution >= 4 is 77.0 Å². The number of benzene rings is 4. The molecule has 0 unspecified atom stereocenters. The lowest BCUT2D eigenvalue weighted by atomic mass is 9.99. The molecule has 4 rings (SSSR count). The predicted molar refractivity (Wildman–Crippen MR) is 353 cm³/mol. The molecule has 0 saturated heterocycles. The van der Waals surface area contributed by atoms with Crippen LogP contribution in [0.2, 0.25) is 0 Å². The summed E-state index contributed by atoms with van der Waals surface area (Å²) in [7, 11) is 0. The summed E-state index contributed by atoms with van der Waals surface area (Å²) in [6.07, 6.45) is -2.92. The van der Waals surface area contributed by atoms with Crippen LogP contribution in [0.1, 0.15) is 109 Å². The summed E-state index contributed by atoms with van der Waals surface area (Å²) in [5.41, 5.74) is 8.00. The summed E-state index contributed by atoms with van der Waals surface area (Å²) in [5.74, 6) is -14.6. The van der Waals surface area contributed by atoms with Gasteiger partial charge in [-0.25, -0.2) is 4.79 Å². The molecule has 0 aromatic heterocycles. The highest BCUT2D eigenvalue weighted by Crippen LogP contribution is 2.17. The van der Waals surface area contributed by atoms with Crippen molar-refractivity contribution < 1.29 is 87.9 Å². The molecule has 97 heavy (non-hydrogen) atoms. The van der Waals surface area contributed by atoms with E-state index < -0.39 is 163 Å². The second kappa shape index (κ2) is 39.4. The van der Waals surface area contributed by atoms with E-state index in [-0.39, 0.29) is 67.8 Å². The van der Waals surface area contributed by atoms with Gasteiger partial charge in [-0.1, -0.05) is 126 Å². The van der Waals surface area contributed by atoms with Gasteiger partial charge in [0.05, 0.1) is 19.0 Å². The first-order valence-electron chi connectivity index (χ1n) is 31.8. The van der Waals surface area contributed by atoms with E-state index in [1.165, 1.54) is 55.5 Å². The van der Waals surface area contributed by atoms with Gasteiger partial charge in [0.15, 0.2) is 0 Å². The van der Waals surface area contributed by atoms with Crippen LogP contribution < -0.4 is 58.9 Å². The SMILES string of the molecule is CC(C)C[C@H](NC(=O)CNC(=O)[C@H](C)NC(=O)[C@H](Cc1ccccc1)NC(=O)[C@@H](N)CC(C)C)C(=O)N[C@@H](CCC(=O)O)C(=O)N[C@@H](CC(C)C)C(=O)N[C@@H](Cc1ccc(O)cc1)C(=O)N[C@@H](Cc1ccccc1)C(=O)N[C@@H](CC(=O)O)C(=O)N[C@@H](Cc1ccc(O)cc1)C(=O)O. The Balaban J connectivity index is 1.55. The normalized spacial score (nSPS) is 14.2. The molecule has 10 amide bonds. The molecule has 4 aromatic carbocycles. The van der Waals surface area contributed by atoms with E-state index in [0.29, 0.717) is 28.7 Å². The molecule has 0 aliphatic heterocycles. The number of hydrogen-bond acceptors (Lipinski definition) is 16. The standard InChI is InChI=1S/C68H91N11O18/c1-37(2)28-47(69)60(88)74-51(31-41-14-10-8-11-15-41)62(90)71-40(7)59(87)70-36-56(82)72-49(29-38(3)4)63(91)73-48(26-27-57(83)84)61(89)75-50(30-39(5)6)64(92)76-53(33-43-18-22-45(80)23-19-43)65(93)77-52(32-42-16-12-9-13-17-42)66(94)78-54(35-58(85)86)67(95)79-55(68(96)97)34-44-20-24-46(81)25-21-44/h8-25,37-40,47-55,80-81H,26-36,69H2,1-7H3,(H,70,87)(H,71,90)(H,72,82)(H,73,91)(H,74,88)(H,75,89)(H,76,92)(H,77,93)(H,78,94)(H,79,95)(H,83,84)(H,85,86)(H,96,97)/t40-,47-,48-,49-,50-,51-,52-,53-,54-,55-/m0/s1. The third kappa shape index (κ3) is 29.0. The third-order valence-electron chi connectivity index (χ3n) is 15.1. The monoisotopic (exact) mass is 1350 g/mol. The van der Waals surface area contributed by atoms with Gasteiger partial charge in [-0.2, -0.15) is 0 Å². The van der Waals surface area contributed by atoms with E-state index in [4.69, 9.17) is 5.73 Å². The van der Waals surface area contributed by atoms with Crippen molar-refractivity contribution in [2.75, 3.05) is 6.54 Å². The Hall–Kier alpha value is -10.5. The molecule has 17 N–H and O–H groups in total. The van der Waals surface area contributed by atoms with Crippen molar-refractivity contribution in [2.24, 2.45) is 23.5 Å². The number of phenolic OH excluding ortho intramolecular Hbond substituents is 2. The summed E-state index contributed by atoms with van der Waals surface area (Å²) in [6.45, 7) is 11.3. The van der Waals surface area contributed by atoms with Gasteiger partial charge in [-0.15, -0.1) is 0 Å². The highest BCUT2D eigenvalue weighted by molar-refractivity contribution is 5.99. The van der Waals surface area contributed by atoms with E-state index in [1.54, 1.807) is 88.4 Å². The minimum absolute atomic E-state index is 0.0359. The van der Waals surface area contributed by atoms with Gasteiger partial charge in [-0.05, 0) is 96.9 Å². The largest absolute Gasteiger partial charge is 0.508 e. The zero-order chi connectivity index (χ0) is 72.1. The smallest absolute Gasteiger partial charge is 0.326 e. The molecule has 4 aromatic rings. The fourth-order valence-electron chi connectivity index (χ4n) is 10.1. The maximum atomic E-state index is 14.7. The fourth-order valence-corrected chi connectivity index (χ4v) is 10.1. The quantitative estimate of drug-likeness (QED) is 0.0292. The number of carboxylic acids is 3. The summed E-state index contributed by atoms with van der Waals surface area (Å²) in [4.78, 5) is 176. The minimum Gasteiger partial charge on any atom is -0.508 e. The highest BCUT2D eigenvalue weighted by atomic mass is 16.4. The van der Waals surface area contributed by atoms with Gasteiger partial charge in [0.2, 0.25) is 59.1 Å². The molecule has 0 spiro atoms. The average Bonchev–Trinajstić information content (AvgIpc) is 1.08. The lowest BCUT2D eigenvalue weighted by Gasteiger charge is -2.28. The molecule has 0 fully saturated rings. The van der Waals surface area contributed by atoms with E-state index in [1.807, 2.05) is 13.8 Å². The first-order chi connectivity index (χ1) is 45.8. The topological polar surface area (TPSA) is 469 Å². The molecule has 10 atom stereocenters. The number of carbonyl (C=O) groups excluding carboxylic acids is 10. The van der Waals surface area contributed by atoms with Crippen LogP contribution in [0.3, 0.4) is 0 Å². The van der Waals surface area contributed by atoms with Gasteiger partial charge in [0.1, 0.15) is 65.9 Å². The van der Waals surface area contributed by atoms with Crippen LogP contribution in [-0.2, 0) is 88.0 Å². The maximum Gasteiger partial charge on any atom is 0.326 e. The van der Waals surface area contributed by atoms with Gasteiger partial charge in [0, 0.05) is 32.1 Å². The number of aromatic hydroxyl groups is 2. The van der Waals surface area contributed by atoms with Crippen molar-refractivity contribution in [3.05, 3.63) is 131 Å². The second-order valence-electron chi connectivity index (χ2n) is 25.0. The van der Waals surface area contributed by atoms with Gasteiger partial charge in [-0.3, -0.25) is 57.5 Å². The lowest BCUT2D eigenvalue weighted by Crippen LogP contribution is -2.61. The first-order valence-corrected chi connectivity index (χ1v) is 31.8. The molecule has 29 nitrogen and oxygen atoms in total. The number of phenols is 2. The first kappa shape index (κ1) is 79.0. The van der Waals surface area contributed by atoms with Crippen LogP contribution in [0.4, 0.5) is 0 Å². The Morgan fingerprint density at radius 3 is 1.12 bits per heavy atom. The summed E-state index contributed by atoms with van der Waals surface area (Å²) < 4.78 is 0. The zero-order valence-electron chi connectivity index (χ0n) is 55.3. The van der Waals surface area contributed by atoms with Crippen molar-refractivity contribution in [2.45, 2.75) is 173 Å². The van der Waals surface area contributed by atoms with Crippen LogP contribution in [-0.4, -0.2) is 169 Å². The lowest BCUT2D eigenvalue weighted by molar-refractivity contribution is -0.143. The number of carbonyl (C=O) groups is 13. The van der Waals surface area contributed by atoms with Crippen LogP contribution >= 0.6 is 0 Å². The van der Waals surface area contributed by atoms with E-state index in [0.717, 1.165) is 0 Å². The number of hydrogen-bond donors (Lipinski definition) is 16. The van der Waals surface area contributed by atoms with Crippen molar-refractivity contribution in [1.82, 2.24) is 53.2 Å². The van der Waals surface area contributed by atoms with Crippen LogP contribution in [0.5, 0.6) is 11.5 Å². The number of carboxylic acid groups (broad SMARTS) is 3. The summed E-state index contributed by atoms with van der Waals surface area (Å²) >= 11 is 0. The van der Waals surface area contributed by atoms with E-state index >= 15 is 0 Å². The Labute approximate surface area is 562 Å². The molecule has 0 aliphatic carbocycles. The average molecular weight is 1350 g/mol. The second-order valence-corrected chi connectivity index (χ2v) is 25.0. The minimum atomic E-state index is -1.91. The molecular weight excluding hydrogens is 1260 g/mol. The Morgan fingerprint density at radius 2 is 0.701 bits per heavy atom. The Morgan fingerprint density at radius 1 is 0.361 bits per heavy atom. The van der Waals surface area contributed by atoms with Crippen molar-refractivity contribution in [1.29, 1.82) is 0 Å². The number of nitrogens with one attached hydrogen (secondary N) is 10. The van der Waals surface area contributed by atoms with Crippen LogP contribution in [0, 0.1) is 17.8 Å². The third-order valence-corrected chi connectivity index (χ3v) is 15.1. The molecule has 526 valence electrons. The molecule has 0 radical (unpaired) electrons. The zero-order valence-corrected chi connectivity index (χ0v) is 55.3. The summed E-state index contributed by atoms with van der Waals surface area (Å²) in [6, 6.07) is 13.2. The Kier molecular flexibility index (Phi) is 32.1. The molecule has 29 heteroatoms. The summed E-state index contributed by atoms with van der Waals surface area (Å²) in [5, 5.41) is 74.5. The fraction of sp³-hybridized carbons (Fsp3) is 0.456. The van der Waals surface area contributed by atoms with Crippen molar-refractivity contribution in [3.63, 3.8) is 0 Å². The van der Waals surface area contributed by atoms with E-state index in [2.05, 4.69) is 53.2 Å². The molecular formula is C68H91N11O18. The highest BCUT2D eigenvalue weighted by Gasteiger charge is 2.36. The van der Waals surface area contributed by atoms with Gasteiger partial charge >= 0.3 is 17.9 Å².